The van der Waals surface area contributed by atoms with Gasteiger partial charge in [-0.05, 0) is 24.0 Å². The van der Waals surface area contributed by atoms with E-state index >= 15 is 0 Å². The zero-order valence-corrected chi connectivity index (χ0v) is 11.5. The molecule has 1 aromatic carbocycles. The van der Waals surface area contributed by atoms with Crippen LogP contribution < -0.4 is 5.73 Å². The molecule has 0 aliphatic heterocycles. The molecule has 0 saturated heterocycles. The molecule has 2 aromatic rings. The lowest BCUT2D eigenvalue weighted by atomic mass is 10.2. The summed E-state index contributed by atoms with van der Waals surface area (Å²) in [4.78, 5) is 0. The van der Waals surface area contributed by atoms with Gasteiger partial charge in [0.25, 0.3) is 0 Å². The Hall–Kier alpha value is -0.790. The van der Waals surface area contributed by atoms with Crippen molar-refractivity contribution >= 4 is 40.5 Å². The summed E-state index contributed by atoms with van der Waals surface area (Å²) in [5.74, 6) is 0.297. The number of thioether (sulfide) groups is 2. The summed E-state index contributed by atoms with van der Waals surface area (Å²) in [5, 5.41) is 8.03. The van der Waals surface area contributed by atoms with Crippen molar-refractivity contribution in [3.63, 3.8) is 0 Å². The first-order valence-electron chi connectivity index (χ1n) is 4.73. The van der Waals surface area contributed by atoms with Crippen LogP contribution in [0.3, 0.4) is 0 Å². The molecule has 3 nitrogen and oxygen atoms in total. The largest absolute Gasteiger partial charge is 0.396 e. The monoisotopic (exact) mass is 287 g/mol. The second kappa shape index (κ2) is 5.70. The number of hydrogen-bond acceptors (Lipinski definition) is 6. The predicted octanol–water partition coefficient (Wildman–Crippen LogP) is 3.27. The van der Waals surface area contributed by atoms with E-state index < -0.39 is 0 Å². The van der Waals surface area contributed by atoms with Crippen molar-refractivity contribution in [1.29, 1.82) is 0 Å². The average molecular weight is 287 g/mol. The van der Waals surface area contributed by atoms with Gasteiger partial charge in [0.05, 0.1) is 5.69 Å². The van der Waals surface area contributed by atoms with E-state index in [0.717, 1.165) is 14.2 Å². The van der Waals surface area contributed by atoms with E-state index in [4.69, 9.17) is 5.73 Å². The molecule has 7 heteroatoms. The maximum atomic E-state index is 13.2. The van der Waals surface area contributed by atoms with E-state index in [2.05, 4.69) is 10.2 Å². The van der Waals surface area contributed by atoms with Crippen molar-refractivity contribution in [3.05, 3.63) is 29.6 Å². The molecule has 1 heterocycles. The van der Waals surface area contributed by atoms with Crippen LogP contribution in [0.4, 0.5) is 10.1 Å². The lowest BCUT2D eigenvalue weighted by Crippen LogP contribution is -1.91. The highest BCUT2D eigenvalue weighted by molar-refractivity contribution is 8.02. The summed E-state index contributed by atoms with van der Waals surface area (Å²) in [6, 6.07) is 4.86. The Morgan fingerprint density at radius 3 is 2.76 bits per heavy atom. The van der Waals surface area contributed by atoms with Crippen molar-refractivity contribution in [2.45, 2.75) is 14.4 Å². The van der Waals surface area contributed by atoms with Crippen LogP contribution in [0.2, 0.25) is 0 Å². The molecular formula is C10H10FN3S3. The second-order valence-electron chi connectivity index (χ2n) is 3.18. The number of anilines is 1. The minimum Gasteiger partial charge on any atom is -0.396 e. The third-order valence-corrected chi connectivity index (χ3v) is 5.09. The fourth-order valence-electron chi connectivity index (χ4n) is 1.14. The average Bonchev–Trinajstić information content (AvgIpc) is 2.79. The van der Waals surface area contributed by atoms with Crippen molar-refractivity contribution < 1.29 is 4.39 Å². The smallest absolute Gasteiger partial charge is 0.175 e. The van der Waals surface area contributed by atoms with Crippen LogP contribution >= 0.6 is 34.9 Å². The van der Waals surface area contributed by atoms with Gasteiger partial charge in [-0.15, -0.1) is 10.2 Å². The Labute approximate surface area is 111 Å². The lowest BCUT2D eigenvalue weighted by Gasteiger charge is -2.01. The van der Waals surface area contributed by atoms with Gasteiger partial charge >= 0.3 is 0 Å². The molecule has 0 atom stereocenters. The van der Waals surface area contributed by atoms with Crippen LogP contribution in [0.1, 0.15) is 5.56 Å². The molecule has 90 valence electrons. The van der Waals surface area contributed by atoms with Crippen LogP contribution in [-0.4, -0.2) is 16.5 Å². The molecule has 0 saturated carbocycles. The number of halogens is 1. The first kappa shape index (κ1) is 12.7. The maximum absolute atomic E-state index is 13.2. The summed E-state index contributed by atoms with van der Waals surface area (Å²) in [6.45, 7) is 0. The molecule has 2 rings (SSSR count). The third-order valence-electron chi connectivity index (χ3n) is 1.99. The number of hydrogen-bond donors (Lipinski definition) is 1. The van der Waals surface area contributed by atoms with Crippen LogP contribution in [0.15, 0.2) is 26.9 Å². The van der Waals surface area contributed by atoms with Gasteiger partial charge in [-0.1, -0.05) is 40.9 Å². The number of benzene rings is 1. The second-order valence-corrected chi connectivity index (χ2v) is 6.44. The Morgan fingerprint density at radius 2 is 2.12 bits per heavy atom. The van der Waals surface area contributed by atoms with E-state index in [-0.39, 0.29) is 11.5 Å². The highest BCUT2D eigenvalue weighted by Gasteiger charge is 2.05. The quantitative estimate of drug-likeness (QED) is 0.691. The fourth-order valence-corrected chi connectivity index (χ4v) is 3.52. The summed E-state index contributed by atoms with van der Waals surface area (Å²) in [6.07, 6.45) is 1.96. The van der Waals surface area contributed by atoms with Gasteiger partial charge in [0.15, 0.2) is 8.68 Å². The number of aromatic nitrogens is 2. The zero-order chi connectivity index (χ0) is 12.3. The number of nitrogens with two attached hydrogens (primary N) is 1. The Morgan fingerprint density at radius 1 is 1.35 bits per heavy atom. The van der Waals surface area contributed by atoms with E-state index in [1.807, 2.05) is 12.3 Å². The Bertz CT molecular complexity index is 515. The number of nitrogen functional groups attached to an aromatic ring is 1. The zero-order valence-electron chi connectivity index (χ0n) is 9.01. The summed E-state index contributed by atoms with van der Waals surface area (Å²) in [7, 11) is 0. The summed E-state index contributed by atoms with van der Waals surface area (Å²) < 4.78 is 15.0. The van der Waals surface area contributed by atoms with Crippen LogP contribution in [-0.2, 0) is 5.75 Å². The van der Waals surface area contributed by atoms with Gasteiger partial charge in [-0.3, -0.25) is 0 Å². The minimum absolute atomic E-state index is 0.180. The van der Waals surface area contributed by atoms with Gasteiger partial charge in [0.1, 0.15) is 5.82 Å². The molecule has 0 spiro atoms. The van der Waals surface area contributed by atoms with Crippen molar-refractivity contribution in [2.75, 3.05) is 12.0 Å². The topological polar surface area (TPSA) is 51.8 Å². The van der Waals surface area contributed by atoms with Crippen molar-refractivity contribution in [2.24, 2.45) is 0 Å². The summed E-state index contributed by atoms with van der Waals surface area (Å²) >= 11 is 4.66. The number of rotatable bonds is 4. The van der Waals surface area contributed by atoms with Crippen LogP contribution in [0.5, 0.6) is 0 Å². The van der Waals surface area contributed by atoms with Gasteiger partial charge in [0, 0.05) is 5.75 Å². The molecule has 0 fully saturated rings. The van der Waals surface area contributed by atoms with Gasteiger partial charge in [0.2, 0.25) is 0 Å². The molecule has 0 bridgehead atoms. The molecule has 0 aliphatic carbocycles. The molecule has 0 amide bonds. The van der Waals surface area contributed by atoms with Crippen molar-refractivity contribution in [1.82, 2.24) is 10.2 Å². The van der Waals surface area contributed by atoms with Crippen molar-refractivity contribution in [3.8, 4) is 0 Å². The highest BCUT2D eigenvalue weighted by Crippen LogP contribution is 2.29. The normalized spacial score (nSPS) is 10.7. The lowest BCUT2D eigenvalue weighted by molar-refractivity contribution is 0.631. The standard InChI is InChI=1S/C10H10FN3S3/c1-15-9-13-14-10(17-9)16-5-6-2-3-8(12)7(11)4-6/h2-4H,5,12H2,1H3. The molecule has 2 N–H and O–H groups in total. The van der Waals surface area contributed by atoms with E-state index in [1.165, 1.54) is 6.07 Å². The SMILES string of the molecule is CSc1nnc(SCc2ccc(N)c(F)c2)s1. The molecule has 17 heavy (non-hydrogen) atoms. The maximum Gasteiger partial charge on any atom is 0.175 e. The van der Waals surface area contributed by atoms with E-state index in [0.29, 0.717) is 5.75 Å². The molecule has 0 unspecified atom stereocenters. The molecule has 1 aromatic heterocycles. The Balaban J connectivity index is 1.99. The highest BCUT2D eigenvalue weighted by atomic mass is 32.2. The molecule has 0 aliphatic rings. The molecule has 0 radical (unpaired) electrons. The first-order valence-corrected chi connectivity index (χ1v) is 7.76. The van der Waals surface area contributed by atoms with E-state index in [9.17, 15) is 4.39 Å². The fraction of sp³-hybridized carbons (Fsp3) is 0.200. The van der Waals surface area contributed by atoms with E-state index in [1.54, 1.807) is 40.9 Å². The van der Waals surface area contributed by atoms with Crippen LogP contribution in [0, 0.1) is 5.82 Å². The Kier molecular flexibility index (Phi) is 4.25. The van der Waals surface area contributed by atoms with Gasteiger partial charge < -0.3 is 5.73 Å². The number of nitrogens with zero attached hydrogens (tertiary/aromatic N) is 2. The predicted molar refractivity (Wildman–Crippen MR) is 72.1 cm³/mol. The third kappa shape index (κ3) is 3.34. The minimum atomic E-state index is -0.370. The summed E-state index contributed by atoms with van der Waals surface area (Å²) in [5.41, 5.74) is 6.48. The van der Waals surface area contributed by atoms with Crippen LogP contribution in [0.25, 0.3) is 0 Å². The van der Waals surface area contributed by atoms with Gasteiger partial charge in [-0.2, -0.15) is 0 Å². The van der Waals surface area contributed by atoms with Gasteiger partial charge in [-0.25, -0.2) is 4.39 Å². The molecular weight excluding hydrogens is 277 g/mol. The first-order chi connectivity index (χ1) is 8.19.